The maximum Gasteiger partial charge on any atom is 0.416 e. The number of alkyl halides is 3. The van der Waals surface area contributed by atoms with Crippen molar-refractivity contribution >= 4 is 11.7 Å². The number of carbonyl (C=O) groups excluding carboxylic acids is 1. The van der Waals surface area contributed by atoms with E-state index in [1.54, 1.807) is 0 Å². The van der Waals surface area contributed by atoms with E-state index >= 15 is 0 Å². The Hall–Kier alpha value is -2.84. The molecule has 3 rings (SSSR count). The summed E-state index contributed by atoms with van der Waals surface area (Å²) in [5.74, 6) is -1.67. The van der Waals surface area contributed by atoms with Crippen LogP contribution < -0.4 is 15.5 Å². The summed E-state index contributed by atoms with van der Waals surface area (Å²) in [6, 6.07) is 8.57. The molecule has 1 heterocycles. The van der Waals surface area contributed by atoms with Crippen LogP contribution in [0, 0.1) is 17.6 Å². The Labute approximate surface area is 171 Å². The maximum atomic E-state index is 13.4. The number of carbonyl (C=O) groups is 1. The number of hydrogen-bond donors (Lipinski definition) is 2. The topological polar surface area (TPSA) is 44.4 Å². The molecule has 0 saturated carbocycles. The molecule has 9 heteroatoms. The van der Waals surface area contributed by atoms with Gasteiger partial charge in [0.15, 0.2) is 11.6 Å². The van der Waals surface area contributed by atoms with Gasteiger partial charge in [0.25, 0.3) is 0 Å². The highest BCUT2D eigenvalue weighted by molar-refractivity contribution is 5.73. The molecular formula is C21H22F5N3O. The molecule has 1 fully saturated rings. The molecule has 0 aliphatic carbocycles. The van der Waals surface area contributed by atoms with Gasteiger partial charge in [0, 0.05) is 37.9 Å². The third kappa shape index (κ3) is 5.61. The molecule has 0 bridgehead atoms. The van der Waals surface area contributed by atoms with Gasteiger partial charge in [-0.3, -0.25) is 0 Å². The van der Waals surface area contributed by atoms with E-state index in [0.717, 1.165) is 24.6 Å². The monoisotopic (exact) mass is 427 g/mol. The fraction of sp³-hybridized carbons (Fsp3) is 0.381. The van der Waals surface area contributed by atoms with Gasteiger partial charge in [0.05, 0.1) is 5.56 Å². The van der Waals surface area contributed by atoms with Crippen LogP contribution in [-0.4, -0.2) is 32.2 Å². The molecule has 162 valence electrons. The lowest BCUT2D eigenvalue weighted by Gasteiger charge is -2.19. The molecule has 1 aliphatic rings. The summed E-state index contributed by atoms with van der Waals surface area (Å²) in [6.07, 6.45) is -3.59. The average molecular weight is 427 g/mol. The minimum atomic E-state index is -4.43. The summed E-state index contributed by atoms with van der Waals surface area (Å²) < 4.78 is 65.4. The second-order valence-corrected chi connectivity index (χ2v) is 7.24. The summed E-state index contributed by atoms with van der Waals surface area (Å²) >= 11 is 0. The Kier molecular flexibility index (Phi) is 6.79. The minimum absolute atomic E-state index is 0.0659. The minimum Gasteiger partial charge on any atom is -0.371 e. The standard InChI is InChI=1S/C21H22F5N3O/c22-18-6-5-16(11-19(18)23)29-10-8-14(13-29)12-28-20(30)27-9-7-15-3-1-2-4-17(15)21(24,25)26/h1-6,11,14H,7-10,12-13H2,(H2,27,28,30). The Bertz CT molecular complexity index is 887. The van der Waals surface area contributed by atoms with Crippen molar-refractivity contribution in [2.75, 3.05) is 31.1 Å². The number of amides is 2. The van der Waals surface area contributed by atoms with E-state index in [2.05, 4.69) is 10.6 Å². The van der Waals surface area contributed by atoms with E-state index in [1.165, 1.54) is 24.3 Å². The number of benzene rings is 2. The highest BCUT2D eigenvalue weighted by Crippen LogP contribution is 2.32. The number of hydrogen-bond acceptors (Lipinski definition) is 2. The van der Waals surface area contributed by atoms with Crippen LogP contribution in [-0.2, 0) is 12.6 Å². The smallest absolute Gasteiger partial charge is 0.371 e. The first-order valence-electron chi connectivity index (χ1n) is 9.61. The van der Waals surface area contributed by atoms with E-state index in [-0.39, 0.29) is 24.4 Å². The van der Waals surface area contributed by atoms with Gasteiger partial charge in [-0.05, 0) is 42.5 Å². The van der Waals surface area contributed by atoms with E-state index in [9.17, 15) is 26.7 Å². The van der Waals surface area contributed by atoms with Gasteiger partial charge < -0.3 is 15.5 Å². The molecule has 2 N–H and O–H groups in total. The summed E-state index contributed by atoms with van der Waals surface area (Å²) in [7, 11) is 0. The molecule has 1 unspecified atom stereocenters. The number of anilines is 1. The Balaban J connectivity index is 1.41. The number of rotatable bonds is 6. The molecule has 0 radical (unpaired) electrons. The van der Waals surface area contributed by atoms with Crippen LogP contribution in [0.25, 0.3) is 0 Å². The van der Waals surface area contributed by atoms with Crippen molar-refractivity contribution in [1.82, 2.24) is 10.6 Å². The first-order valence-corrected chi connectivity index (χ1v) is 9.61. The molecule has 2 amide bonds. The maximum absolute atomic E-state index is 13.4. The molecule has 2 aromatic rings. The number of urea groups is 1. The quantitative estimate of drug-likeness (QED) is 0.674. The SMILES string of the molecule is O=C(NCCc1ccccc1C(F)(F)F)NCC1CCN(c2ccc(F)c(F)c2)C1. The van der Waals surface area contributed by atoms with Crippen LogP contribution in [0.4, 0.5) is 32.4 Å². The van der Waals surface area contributed by atoms with Crippen LogP contribution in [0.2, 0.25) is 0 Å². The van der Waals surface area contributed by atoms with E-state index in [1.807, 2.05) is 4.90 Å². The van der Waals surface area contributed by atoms with Crippen LogP contribution in [0.15, 0.2) is 42.5 Å². The van der Waals surface area contributed by atoms with Crippen LogP contribution in [0.3, 0.4) is 0 Å². The molecule has 1 aliphatic heterocycles. The van der Waals surface area contributed by atoms with Crippen molar-refractivity contribution < 1.29 is 26.7 Å². The first kappa shape index (κ1) is 21.9. The van der Waals surface area contributed by atoms with Crippen molar-refractivity contribution in [3.63, 3.8) is 0 Å². The second kappa shape index (κ2) is 9.32. The number of nitrogens with one attached hydrogen (secondary N) is 2. The van der Waals surface area contributed by atoms with Crippen molar-refractivity contribution in [2.45, 2.75) is 19.0 Å². The lowest BCUT2D eigenvalue weighted by molar-refractivity contribution is -0.138. The lowest BCUT2D eigenvalue weighted by atomic mass is 10.0. The molecular weight excluding hydrogens is 405 g/mol. The summed E-state index contributed by atoms with van der Waals surface area (Å²) in [4.78, 5) is 13.9. The zero-order chi connectivity index (χ0) is 21.7. The fourth-order valence-electron chi connectivity index (χ4n) is 3.54. The first-order chi connectivity index (χ1) is 14.2. The highest BCUT2D eigenvalue weighted by atomic mass is 19.4. The van der Waals surface area contributed by atoms with E-state index < -0.39 is 29.4 Å². The van der Waals surface area contributed by atoms with Gasteiger partial charge in [-0.15, -0.1) is 0 Å². The van der Waals surface area contributed by atoms with Crippen LogP contribution >= 0.6 is 0 Å². The number of nitrogens with zero attached hydrogens (tertiary/aromatic N) is 1. The van der Waals surface area contributed by atoms with Crippen molar-refractivity contribution in [3.05, 3.63) is 65.2 Å². The summed E-state index contributed by atoms with van der Waals surface area (Å²) in [5.41, 5.74) is 0.0166. The second-order valence-electron chi connectivity index (χ2n) is 7.24. The normalized spacial score (nSPS) is 16.6. The summed E-state index contributed by atoms with van der Waals surface area (Å²) in [5, 5.41) is 5.28. The van der Waals surface area contributed by atoms with Gasteiger partial charge >= 0.3 is 12.2 Å². The predicted octanol–water partition coefficient (Wildman–Crippen LogP) is 4.35. The largest absolute Gasteiger partial charge is 0.416 e. The summed E-state index contributed by atoms with van der Waals surface area (Å²) in [6.45, 7) is 1.70. The molecule has 30 heavy (non-hydrogen) atoms. The molecule has 2 aromatic carbocycles. The average Bonchev–Trinajstić information content (AvgIpc) is 3.17. The van der Waals surface area contributed by atoms with Crippen molar-refractivity contribution in [2.24, 2.45) is 5.92 Å². The molecule has 4 nitrogen and oxygen atoms in total. The van der Waals surface area contributed by atoms with Crippen molar-refractivity contribution in [1.29, 1.82) is 0 Å². The van der Waals surface area contributed by atoms with Gasteiger partial charge in [-0.1, -0.05) is 18.2 Å². The van der Waals surface area contributed by atoms with Crippen LogP contribution in [0.5, 0.6) is 0 Å². The molecule has 0 aromatic heterocycles. The third-order valence-corrected chi connectivity index (χ3v) is 5.11. The van der Waals surface area contributed by atoms with Gasteiger partial charge in [-0.25, -0.2) is 13.6 Å². The predicted molar refractivity (Wildman–Crippen MR) is 103 cm³/mol. The van der Waals surface area contributed by atoms with Gasteiger partial charge in [-0.2, -0.15) is 13.2 Å². The van der Waals surface area contributed by atoms with Crippen molar-refractivity contribution in [3.8, 4) is 0 Å². The molecule has 1 saturated heterocycles. The van der Waals surface area contributed by atoms with E-state index in [0.29, 0.717) is 25.3 Å². The third-order valence-electron chi connectivity index (χ3n) is 5.11. The molecule has 1 atom stereocenters. The van der Waals surface area contributed by atoms with Crippen LogP contribution in [0.1, 0.15) is 17.5 Å². The zero-order valence-corrected chi connectivity index (χ0v) is 16.1. The highest BCUT2D eigenvalue weighted by Gasteiger charge is 2.32. The zero-order valence-electron chi connectivity index (χ0n) is 16.1. The number of halogens is 5. The Morgan fingerprint density at radius 3 is 2.57 bits per heavy atom. The van der Waals surface area contributed by atoms with Gasteiger partial charge in [0.1, 0.15) is 0 Å². The fourth-order valence-corrected chi connectivity index (χ4v) is 3.54. The van der Waals surface area contributed by atoms with E-state index in [4.69, 9.17) is 0 Å². The Morgan fingerprint density at radius 2 is 1.83 bits per heavy atom. The molecule has 0 spiro atoms. The lowest BCUT2D eigenvalue weighted by Crippen LogP contribution is -2.39. The van der Waals surface area contributed by atoms with Gasteiger partial charge in [0.2, 0.25) is 0 Å². The Morgan fingerprint density at radius 1 is 1.07 bits per heavy atom.